The van der Waals surface area contributed by atoms with Gasteiger partial charge in [-0.05, 0) is 46.5 Å². The van der Waals surface area contributed by atoms with E-state index in [-0.39, 0.29) is 5.97 Å². The topological polar surface area (TPSA) is 35.5 Å². The summed E-state index contributed by atoms with van der Waals surface area (Å²) in [6, 6.07) is 0. The second kappa shape index (κ2) is 6.24. The minimum Gasteiger partial charge on any atom is -0.458 e. The van der Waals surface area contributed by atoms with E-state index in [4.69, 9.17) is 15.9 Å². The van der Waals surface area contributed by atoms with E-state index in [9.17, 15) is 4.79 Å². The van der Waals surface area contributed by atoms with Crippen LogP contribution in [0.15, 0.2) is 0 Å². The van der Waals surface area contributed by atoms with Crippen molar-refractivity contribution in [3.05, 3.63) is 0 Å². The Morgan fingerprint density at radius 2 is 1.89 bits per heavy atom. The molecule has 0 aromatic heterocycles. The molecule has 18 heavy (non-hydrogen) atoms. The van der Waals surface area contributed by atoms with E-state index in [1.807, 2.05) is 20.8 Å². The molecule has 1 fully saturated rings. The van der Waals surface area contributed by atoms with Crippen LogP contribution in [0.25, 0.3) is 0 Å². The summed E-state index contributed by atoms with van der Waals surface area (Å²) in [5.74, 6) is 2.30. The predicted octanol–water partition coefficient (Wildman–Crippen LogP) is 3.07. The largest absolute Gasteiger partial charge is 0.458 e. The van der Waals surface area contributed by atoms with Gasteiger partial charge in [0.1, 0.15) is 5.60 Å². The molecule has 0 amide bonds. The zero-order valence-electron chi connectivity index (χ0n) is 11.8. The molecule has 102 valence electrons. The fourth-order valence-corrected chi connectivity index (χ4v) is 2.21. The maximum Gasteiger partial charge on any atom is 0.338 e. The molecule has 0 unspecified atom stereocenters. The van der Waals surface area contributed by atoms with E-state index in [0.29, 0.717) is 13.0 Å². The maximum atomic E-state index is 12.3. The summed E-state index contributed by atoms with van der Waals surface area (Å²) in [6.07, 6.45) is 10.4. The Bertz CT molecular complexity index is 314. The Morgan fingerprint density at radius 1 is 1.28 bits per heavy atom. The van der Waals surface area contributed by atoms with Crippen LogP contribution in [0.4, 0.5) is 0 Å². The van der Waals surface area contributed by atoms with Crippen molar-refractivity contribution in [3.8, 4) is 12.3 Å². The number of carbonyl (C=O) groups is 1. The molecule has 3 heteroatoms. The summed E-state index contributed by atoms with van der Waals surface area (Å²) < 4.78 is 11.3. The van der Waals surface area contributed by atoms with Crippen molar-refractivity contribution in [3.63, 3.8) is 0 Å². The molecule has 1 saturated carbocycles. The molecule has 1 rings (SSSR count). The van der Waals surface area contributed by atoms with E-state index in [2.05, 4.69) is 5.92 Å². The Labute approximate surface area is 110 Å². The molecule has 0 aromatic carbocycles. The van der Waals surface area contributed by atoms with Crippen molar-refractivity contribution >= 4 is 5.97 Å². The molecule has 1 aliphatic rings. The van der Waals surface area contributed by atoms with Gasteiger partial charge < -0.3 is 9.47 Å². The molecular weight excluding hydrogens is 228 g/mol. The number of esters is 1. The molecule has 0 aromatic rings. The van der Waals surface area contributed by atoms with Gasteiger partial charge in [0.25, 0.3) is 0 Å². The zero-order chi connectivity index (χ0) is 13.6. The normalized spacial score (nSPS) is 19.0. The molecule has 1 aliphatic carbocycles. The van der Waals surface area contributed by atoms with Gasteiger partial charge in [-0.25, -0.2) is 4.79 Å². The highest BCUT2D eigenvalue weighted by atomic mass is 16.6. The van der Waals surface area contributed by atoms with Gasteiger partial charge in [-0.1, -0.05) is 6.42 Å². The highest BCUT2D eigenvalue weighted by Gasteiger charge is 2.43. The first kappa shape index (κ1) is 15.0. The first-order valence-corrected chi connectivity index (χ1v) is 6.70. The maximum absolute atomic E-state index is 12.3. The first-order chi connectivity index (χ1) is 8.40. The van der Waals surface area contributed by atoms with Gasteiger partial charge >= 0.3 is 5.97 Å². The van der Waals surface area contributed by atoms with Crippen molar-refractivity contribution < 1.29 is 14.3 Å². The lowest BCUT2D eigenvalue weighted by molar-refractivity contribution is -0.188. The number of rotatable bonds is 4. The summed E-state index contributed by atoms with van der Waals surface area (Å²) in [7, 11) is 0. The van der Waals surface area contributed by atoms with Crippen molar-refractivity contribution in [2.45, 2.75) is 70.5 Å². The second-order valence-electron chi connectivity index (χ2n) is 5.86. The lowest BCUT2D eigenvalue weighted by Crippen LogP contribution is -2.47. The zero-order valence-corrected chi connectivity index (χ0v) is 11.8. The van der Waals surface area contributed by atoms with E-state index in [1.54, 1.807) is 0 Å². The molecule has 0 saturated heterocycles. The van der Waals surface area contributed by atoms with Gasteiger partial charge in [-0.2, -0.15) is 0 Å². The third-order valence-corrected chi connectivity index (χ3v) is 3.06. The van der Waals surface area contributed by atoms with Crippen LogP contribution in [-0.4, -0.2) is 23.8 Å². The Morgan fingerprint density at radius 3 is 2.39 bits per heavy atom. The second-order valence-corrected chi connectivity index (χ2v) is 5.86. The monoisotopic (exact) mass is 252 g/mol. The van der Waals surface area contributed by atoms with Gasteiger partial charge in [-0.3, -0.25) is 0 Å². The summed E-state index contributed by atoms with van der Waals surface area (Å²) in [6.45, 7) is 6.06. The fourth-order valence-electron chi connectivity index (χ4n) is 2.21. The molecular formula is C15H24O3. The van der Waals surface area contributed by atoms with Crippen molar-refractivity contribution in [1.82, 2.24) is 0 Å². The SMILES string of the molecule is C#CCCOC1(C(=O)OC(C)(C)C)CCCCC1. The van der Waals surface area contributed by atoms with Crippen molar-refractivity contribution in [2.75, 3.05) is 6.61 Å². The van der Waals surface area contributed by atoms with Crippen molar-refractivity contribution in [1.29, 1.82) is 0 Å². The van der Waals surface area contributed by atoms with Crippen molar-refractivity contribution in [2.24, 2.45) is 0 Å². The summed E-state index contributed by atoms with van der Waals surface area (Å²) in [5, 5.41) is 0. The lowest BCUT2D eigenvalue weighted by atomic mass is 9.84. The van der Waals surface area contributed by atoms with Crippen LogP contribution in [0.2, 0.25) is 0 Å². The summed E-state index contributed by atoms with van der Waals surface area (Å²) in [5.41, 5.74) is -1.24. The highest BCUT2D eigenvalue weighted by Crippen LogP contribution is 2.34. The van der Waals surface area contributed by atoms with E-state index < -0.39 is 11.2 Å². The highest BCUT2D eigenvalue weighted by molar-refractivity contribution is 5.80. The first-order valence-electron chi connectivity index (χ1n) is 6.70. The minimum atomic E-state index is -0.762. The number of terminal acetylenes is 1. The number of carbonyl (C=O) groups excluding carboxylic acids is 1. The number of ether oxygens (including phenoxy) is 2. The molecule has 3 nitrogen and oxygen atoms in total. The summed E-state index contributed by atoms with van der Waals surface area (Å²) >= 11 is 0. The van der Waals surface area contributed by atoms with Crippen LogP contribution in [0.5, 0.6) is 0 Å². The Kier molecular flexibility index (Phi) is 5.22. The van der Waals surface area contributed by atoms with Gasteiger partial charge in [0.05, 0.1) is 6.61 Å². The van der Waals surface area contributed by atoms with Gasteiger partial charge in [0.15, 0.2) is 5.60 Å². The molecule has 0 N–H and O–H groups in total. The van der Waals surface area contributed by atoms with E-state index >= 15 is 0 Å². The third kappa shape index (κ3) is 4.34. The van der Waals surface area contributed by atoms with Gasteiger partial charge in [-0.15, -0.1) is 12.3 Å². The van der Waals surface area contributed by atoms with Crippen LogP contribution < -0.4 is 0 Å². The molecule has 0 heterocycles. The van der Waals surface area contributed by atoms with Crippen LogP contribution in [0, 0.1) is 12.3 Å². The molecule has 0 atom stereocenters. The average Bonchev–Trinajstić information content (AvgIpc) is 2.28. The van der Waals surface area contributed by atoms with Gasteiger partial charge in [0.2, 0.25) is 0 Å². The molecule has 0 spiro atoms. The van der Waals surface area contributed by atoms with Crippen LogP contribution in [0.1, 0.15) is 59.3 Å². The quantitative estimate of drug-likeness (QED) is 0.438. The van der Waals surface area contributed by atoms with Crippen LogP contribution in [0.3, 0.4) is 0 Å². The predicted molar refractivity (Wildman–Crippen MR) is 71.1 cm³/mol. The van der Waals surface area contributed by atoms with Gasteiger partial charge in [0, 0.05) is 6.42 Å². The number of hydrogen-bond donors (Lipinski definition) is 0. The average molecular weight is 252 g/mol. The standard InChI is InChI=1S/C15H24O3/c1-5-6-12-17-15(10-8-7-9-11-15)13(16)18-14(2,3)4/h1H,6-12H2,2-4H3. The lowest BCUT2D eigenvalue weighted by Gasteiger charge is -2.36. The smallest absolute Gasteiger partial charge is 0.338 e. The minimum absolute atomic E-state index is 0.230. The molecule has 0 bridgehead atoms. The Hall–Kier alpha value is -1.01. The third-order valence-electron chi connectivity index (χ3n) is 3.06. The number of hydrogen-bond acceptors (Lipinski definition) is 3. The molecule has 0 radical (unpaired) electrons. The van der Waals surface area contributed by atoms with Crippen LogP contribution >= 0.6 is 0 Å². The van der Waals surface area contributed by atoms with E-state index in [1.165, 1.54) is 0 Å². The fraction of sp³-hybridized carbons (Fsp3) is 0.800. The summed E-state index contributed by atoms with van der Waals surface area (Å²) in [4.78, 5) is 12.3. The Balaban J connectivity index is 2.70. The van der Waals surface area contributed by atoms with E-state index in [0.717, 1.165) is 32.1 Å². The molecule has 0 aliphatic heterocycles. The van der Waals surface area contributed by atoms with Crippen LogP contribution in [-0.2, 0) is 14.3 Å².